The number of carbonyl (C=O) groups excluding carboxylic acids is 1. The zero-order valence-electron chi connectivity index (χ0n) is 20.6. The van der Waals surface area contributed by atoms with Crippen molar-refractivity contribution in [2.45, 2.75) is 25.9 Å². The molecule has 190 valence electrons. The quantitative estimate of drug-likeness (QED) is 0.347. The van der Waals surface area contributed by atoms with E-state index in [9.17, 15) is 13.2 Å². The first-order chi connectivity index (χ1) is 17.4. The number of amides is 1. The van der Waals surface area contributed by atoms with Gasteiger partial charge in [-0.3, -0.25) is 4.79 Å². The minimum atomic E-state index is -3.02. The van der Waals surface area contributed by atoms with Gasteiger partial charge in [0.15, 0.2) is 17.6 Å². The summed E-state index contributed by atoms with van der Waals surface area (Å²) in [6.07, 6.45) is 0.415. The number of carbonyl (C=O) groups is 1. The molecule has 1 heterocycles. The van der Waals surface area contributed by atoms with Crippen molar-refractivity contribution in [3.05, 3.63) is 72.8 Å². The predicted molar refractivity (Wildman–Crippen MR) is 141 cm³/mol. The molecule has 1 aliphatic heterocycles. The molecule has 0 radical (unpaired) electrons. The Bertz CT molecular complexity index is 1280. The number of sulfone groups is 1. The van der Waals surface area contributed by atoms with Crippen molar-refractivity contribution >= 4 is 21.4 Å². The number of hydrogen-bond donors (Lipinski definition) is 0. The zero-order valence-corrected chi connectivity index (χ0v) is 21.4. The maximum Gasteiger partial charge on any atom is 0.268 e. The van der Waals surface area contributed by atoms with Crippen LogP contribution >= 0.6 is 0 Å². The van der Waals surface area contributed by atoms with E-state index in [1.54, 1.807) is 30.0 Å². The van der Waals surface area contributed by atoms with E-state index < -0.39 is 15.9 Å². The van der Waals surface area contributed by atoms with Crippen LogP contribution in [0.25, 0.3) is 11.1 Å². The summed E-state index contributed by atoms with van der Waals surface area (Å²) in [5, 5.41) is 0. The van der Waals surface area contributed by atoms with Crippen LogP contribution in [0, 0.1) is 0 Å². The van der Waals surface area contributed by atoms with Crippen LogP contribution in [0.15, 0.2) is 72.8 Å². The van der Waals surface area contributed by atoms with Gasteiger partial charge in [0.1, 0.15) is 15.6 Å². The molecule has 7 nitrogen and oxygen atoms in total. The lowest BCUT2D eigenvalue weighted by Gasteiger charge is -2.19. The van der Waals surface area contributed by atoms with E-state index in [4.69, 9.17) is 14.2 Å². The fourth-order valence-corrected chi connectivity index (χ4v) is 4.94. The molecule has 0 aliphatic carbocycles. The zero-order chi connectivity index (χ0) is 25.5. The highest BCUT2D eigenvalue weighted by Crippen LogP contribution is 2.34. The first-order valence-corrected chi connectivity index (χ1v) is 13.9. The average molecular weight is 510 g/mol. The summed E-state index contributed by atoms with van der Waals surface area (Å²) in [6.45, 7) is 2.43. The van der Waals surface area contributed by atoms with Gasteiger partial charge in [-0.2, -0.15) is 0 Å². The van der Waals surface area contributed by atoms with Gasteiger partial charge in [0.05, 0.1) is 19.5 Å². The van der Waals surface area contributed by atoms with Crippen LogP contribution in [-0.4, -0.2) is 52.2 Å². The van der Waals surface area contributed by atoms with E-state index in [1.165, 1.54) is 7.11 Å². The summed E-state index contributed by atoms with van der Waals surface area (Å²) < 4.78 is 40.5. The third-order valence-electron chi connectivity index (χ3n) is 6.15. The minimum Gasteiger partial charge on any atom is -0.493 e. The molecular weight excluding hydrogens is 478 g/mol. The van der Waals surface area contributed by atoms with Crippen LogP contribution in [0.4, 0.5) is 5.69 Å². The summed E-state index contributed by atoms with van der Waals surface area (Å²) in [5.41, 5.74) is 2.91. The van der Waals surface area contributed by atoms with Gasteiger partial charge >= 0.3 is 0 Å². The molecule has 8 heteroatoms. The second-order valence-electron chi connectivity index (χ2n) is 8.55. The van der Waals surface area contributed by atoms with Crippen molar-refractivity contribution in [1.82, 2.24) is 0 Å². The van der Waals surface area contributed by atoms with E-state index in [0.717, 1.165) is 11.1 Å². The third-order valence-corrected chi connectivity index (χ3v) is 7.94. The Balaban J connectivity index is 1.36. The first-order valence-electron chi connectivity index (χ1n) is 12.0. The molecule has 1 unspecified atom stereocenters. The first kappa shape index (κ1) is 25.6. The highest BCUT2D eigenvalue weighted by molar-refractivity contribution is 7.91. The summed E-state index contributed by atoms with van der Waals surface area (Å²) in [6, 6.07) is 23.1. The van der Waals surface area contributed by atoms with E-state index >= 15 is 0 Å². The Kier molecular flexibility index (Phi) is 8.15. The Hall–Kier alpha value is -3.52. The lowest BCUT2D eigenvalue weighted by atomic mass is 10.1. The number of nitrogens with zero attached hydrogens (tertiary/aromatic N) is 1. The van der Waals surface area contributed by atoms with Gasteiger partial charge in [0.2, 0.25) is 0 Å². The van der Waals surface area contributed by atoms with Gasteiger partial charge < -0.3 is 19.1 Å². The third kappa shape index (κ3) is 6.18. The van der Waals surface area contributed by atoms with Gasteiger partial charge in [-0.1, -0.05) is 49.4 Å². The SMILES string of the molecule is CCS(=O)(=O)CCCOc1ccc(N2CCC(Oc3ccc(-c4ccccc4)cc3)C2=O)cc1OC. The van der Waals surface area contributed by atoms with Gasteiger partial charge in [-0.05, 0) is 41.8 Å². The van der Waals surface area contributed by atoms with Crippen LogP contribution in [-0.2, 0) is 14.6 Å². The summed E-state index contributed by atoms with van der Waals surface area (Å²) in [5.74, 6) is 1.75. The standard InChI is InChI=1S/C28H31NO6S/c1-3-36(31,32)19-7-18-34-25-15-12-23(20-27(25)33-2)29-17-16-26(28(29)30)35-24-13-10-22(11-14-24)21-8-5-4-6-9-21/h4-6,8-15,20,26H,3,7,16-19H2,1-2H3. The number of ether oxygens (including phenoxy) is 3. The fraction of sp³-hybridized carbons (Fsp3) is 0.321. The molecular formula is C28H31NO6S. The summed E-state index contributed by atoms with van der Waals surface area (Å²) in [4.78, 5) is 14.8. The minimum absolute atomic E-state index is 0.0859. The molecule has 1 amide bonds. The largest absolute Gasteiger partial charge is 0.493 e. The van der Waals surface area contributed by atoms with Crippen molar-refractivity contribution in [2.24, 2.45) is 0 Å². The Morgan fingerprint density at radius 2 is 1.67 bits per heavy atom. The Morgan fingerprint density at radius 3 is 2.36 bits per heavy atom. The van der Waals surface area contributed by atoms with Crippen LogP contribution in [0.1, 0.15) is 19.8 Å². The van der Waals surface area contributed by atoms with Crippen LogP contribution in [0.2, 0.25) is 0 Å². The van der Waals surface area contributed by atoms with Crippen molar-refractivity contribution in [3.63, 3.8) is 0 Å². The molecule has 3 aromatic carbocycles. The predicted octanol–water partition coefficient (Wildman–Crippen LogP) is 4.75. The number of benzene rings is 3. The topological polar surface area (TPSA) is 82.1 Å². The second-order valence-corrected chi connectivity index (χ2v) is 11.0. The normalized spacial score (nSPS) is 15.7. The summed E-state index contributed by atoms with van der Waals surface area (Å²) >= 11 is 0. The molecule has 0 N–H and O–H groups in total. The van der Waals surface area contributed by atoms with Crippen molar-refractivity contribution in [2.75, 3.05) is 36.7 Å². The number of hydrogen-bond acceptors (Lipinski definition) is 6. The average Bonchev–Trinajstić information content (AvgIpc) is 3.27. The second kappa shape index (κ2) is 11.5. The van der Waals surface area contributed by atoms with Crippen LogP contribution < -0.4 is 19.1 Å². The molecule has 1 saturated heterocycles. The van der Waals surface area contributed by atoms with Gasteiger partial charge in [-0.25, -0.2) is 8.42 Å². The van der Waals surface area contributed by atoms with Gasteiger partial charge in [0.25, 0.3) is 5.91 Å². The molecule has 0 aromatic heterocycles. The molecule has 0 saturated carbocycles. The molecule has 4 rings (SSSR count). The molecule has 1 atom stereocenters. The number of rotatable bonds is 11. The Morgan fingerprint density at radius 1 is 0.944 bits per heavy atom. The fourth-order valence-electron chi connectivity index (χ4n) is 4.09. The van der Waals surface area contributed by atoms with E-state index in [0.29, 0.717) is 42.3 Å². The lowest BCUT2D eigenvalue weighted by molar-refractivity contribution is -0.122. The molecule has 1 fully saturated rings. The highest BCUT2D eigenvalue weighted by atomic mass is 32.2. The molecule has 1 aliphatic rings. The molecule has 0 bridgehead atoms. The monoisotopic (exact) mass is 509 g/mol. The number of methoxy groups -OCH3 is 1. The lowest BCUT2D eigenvalue weighted by Crippen LogP contribution is -2.32. The Labute approximate surface area is 212 Å². The van der Waals surface area contributed by atoms with E-state index in [2.05, 4.69) is 12.1 Å². The highest BCUT2D eigenvalue weighted by Gasteiger charge is 2.34. The van der Waals surface area contributed by atoms with E-state index in [1.807, 2.05) is 42.5 Å². The van der Waals surface area contributed by atoms with Crippen molar-refractivity contribution in [1.29, 1.82) is 0 Å². The smallest absolute Gasteiger partial charge is 0.268 e. The van der Waals surface area contributed by atoms with Gasteiger partial charge in [0, 0.05) is 30.5 Å². The molecule has 36 heavy (non-hydrogen) atoms. The molecule has 0 spiro atoms. The number of anilines is 1. The maximum absolute atomic E-state index is 13.1. The maximum atomic E-state index is 13.1. The van der Waals surface area contributed by atoms with Crippen LogP contribution in [0.3, 0.4) is 0 Å². The van der Waals surface area contributed by atoms with E-state index in [-0.39, 0.29) is 24.0 Å². The summed E-state index contributed by atoms with van der Waals surface area (Å²) in [7, 11) is -1.49. The van der Waals surface area contributed by atoms with Crippen LogP contribution in [0.5, 0.6) is 17.2 Å². The van der Waals surface area contributed by atoms with Crippen molar-refractivity contribution in [3.8, 4) is 28.4 Å². The van der Waals surface area contributed by atoms with Gasteiger partial charge in [-0.15, -0.1) is 0 Å². The molecule has 3 aromatic rings. The van der Waals surface area contributed by atoms with Crippen molar-refractivity contribution < 1.29 is 27.4 Å².